The maximum atomic E-state index is 5.98. The molecule has 2 aliphatic rings. The topological polar surface area (TPSA) is 49.0 Å². The number of hydrogen-bond donors (Lipinski definition) is 1. The zero-order valence-electron chi connectivity index (χ0n) is 15.8. The van der Waals surface area contributed by atoms with Crippen LogP contribution in [0.25, 0.3) is 0 Å². The summed E-state index contributed by atoms with van der Waals surface area (Å²) in [5, 5.41) is 3.57. The van der Waals surface area contributed by atoms with Gasteiger partial charge in [0.2, 0.25) is 6.79 Å². The fraction of sp³-hybridized carbons (Fsp3) is 0.455. The Balaban J connectivity index is 1.25. The van der Waals surface area contributed by atoms with Gasteiger partial charge in [0.15, 0.2) is 11.5 Å². The van der Waals surface area contributed by atoms with Crippen LogP contribution < -0.4 is 14.8 Å². The first-order chi connectivity index (χ1) is 13.3. The molecule has 1 N–H and O–H groups in total. The van der Waals surface area contributed by atoms with Crippen LogP contribution in [0.1, 0.15) is 42.5 Å². The molecule has 2 aliphatic heterocycles. The molecule has 0 amide bonds. The summed E-state index contributed by atoms with van der Waals surface area (Å²) in [5.74, 6) is 1.65. The third-order valence-electron chi connectivity index (χ3n) is 5.19. The van der Waals surface area contributed by atoms with Crippen molar-refractivity contribution in [3.63, 3.8) is 0 Å². The van der Waals surface area contributed by atoms with Gasteiger partial charge < -0.3 is 24.3 Å². The lowest BCUT2D eigenvalue weighted by Gasteiger charge is -2.22. The predicted molar refractivity (Wildman–Crippen MR) is 103 cm³/mol. The molecule has 2 aromatic rings. The number of rotatable bonds is 7. The van der Waals surface area contributed by atoms with Crippen molar-refractivity contribution in [2.75, 3.05) is 20.0 Å². The molecule has 5 heteroatoms. The molecule has 5 nitrogen and oxygen atoms in total. The van der Waals surface area contributed by atoms with E-state index in [0.717, 1.165) is 44.1 Å². The summed E-state index contributed by atoms with van der Waals surface area (Å²) < 4.78 is 22.2. The summed E-state index contributed by atoms with van der Waals surface area (Å²) in [6.07, 6.45) is 2.34. The Morgan fingerprint density at radius 3 is 2.56 bits per heavy atom. The molecule has 0 aromatic heterocycles. The fourth-order valence-corrected chi connectivity index (χ4v) is 3.38. The highest BCUT2D eigenvalue weighted by Crippen LogP contribution is 2.34. The van der Waals surface area contributed by atoms with Gasteiger partial charge in [0.1, 0.15) is 0 Å². The van der Waals surface area contributed by atoms with Crippen LogP contribution in [-0.2, 0) is 22.6 Å². The second-order valence-electron chi connectivity index (χ2n) is 7.15. The standard InChI is InChI=1S/C22H27NO4/c1-16(19-6-7-21-22(12-19)27-15-26-21)23-13-17-2-4-18(5-3-17)14-25-20-8-10-24-11-9-20/h2-7,12,16,20,23H,8-11,13-15H2,1H3. The van der Waals surface area contributed by atoms with E-state index in [1.807, 2.05) is 6.07 Å². The van der Waals surface area contributed by atoms with Gasteiger partial charge in [0.25, 0.3) is 0 Å². The maximum absolute atomic E-state index is 5.98. The van der Waals surface area contributed by atoms with Crippen molar-refractivity contribution in [3.05, 3.63) is 59.2 Å². The number of ether oxygens (including phenoxy) is 4. The smallest absolute Gasteiger partial charge is 0.231 e. The highest BCUT2D eigenvalue weighted by molar-refractivity contribution is 5.45. The Hall–Kier alpha value is -2.08. The number of fused-ring (bicyclic) bond motifs is 1. The molecule has 1 atom stereocenters. The van der Waals surface area contributed by atoms with Crippen LogP contribution >= 0.6 is 0 Å². The van der Waals surface area contributed by atoms with Crippen LogP contribution in [0.3, 0.4) is 0 Å². The van der Waals surface area contributed by atoms with E-state index < -0.39 is 0 Å². The second kappa shape index (κ2) is 8.74. The van der Waals surface area contributed by atoms with Crippen LogP contribution in [0.2, 0.25) is 0 Å². The van der Waals surface area contributed by atoms with Crippen LogP contribution in [0.4, 0.5) is 0 Å². The van der Waals surface area contributed by atoms with E-state index in [1.54, 1.807) is 0 Å². The minimum atomic E-state index is 0.232. The SMILES string of the molecule is CC(NCc1ccc(COC2CCOCC2)cc1)c1ccc2c(c1)OCO2. The lowest BCUT2D eigenvalue weighted by atomic mass is 10.1. The minimum Gasteiger partial charge on any atom is -0.454 e. The molecule has 0 radical (unpaired) electrons. The average Bonchev–Trinajstić information content (AvgIpc) is 3.20. The van der Waals surface area contributed by atoms with Crippen molar-refractivity contribution in [2.45, 2.75) is 45.1 Å². The van der Waals surface area contributed by atoms with Gasteiger partial charge in [0, 0.05) is 25.8 Å². The van der Waals surface area contributed by atoms with E-state index in [-0.39, 0.29) is 6.04 Å². The van der Waals surface area contributed by atoms with Crippen molar-refractivity contribution in [1.82, 2.24) is 5.32 Å². The largest absolute Gasteiger partial charge is 0.454 e. The van der Waals surface area contributed by atoms with Gasteiger partial charge in [-0.3, -0.25) is 0 Å². The zero-order chi connectivity index (χ0) is 18.5. The normalized spacial score (nSPS) is 17.8. The summed E-state index contributed by atoms with van der Waals surface area (Å²) in [6.45, 7) is 5.59. The van der Waals surface area contributed by atoms with E-state index in [0.29, 0.717) is 19.5 Å². The summed E-state index contributed by atoms with van der Waals surface area (Å²) in [6, 6.07) is 15.0. The monoisotopic (exact) mass is 369 g/mol. The molecule has 0 aliphatic carbocycles. The van der Waals surface area contributed by atoms with E-state index in [1.165, 1.54) is 16.7 Å². The van der Waals surface area contributed by atoms with Crippen molar-refractivity contribution < 1.29 is 18.9 Å². The van der Waals surface area contributed by atoms with Crippen LogP contribution in [0.5, 0.6) is 11.5 Å². The maximum Gasteiger partial charge on any atom is 0.231 e. The first-order valence-electron chi connectivity index (χ1n) is 9.68. The Bertz CT molecular complexity index is 740. The van der Waals surface area contributed by atoms with Crippen molar-refractivity contribution in [3.8, 4) is 11.5 Å². The van der Waals surface area contributed by atoms with Gasteiger partial charge in [-0.25, -0.2) is 0 Å². The molecule has 1 fully saturated rings. The van der Waals surface area contributed by atoms with E-state index >= 15 is 0 Å². The first kappa shape index (κ1) is 18.3. The van der Waals surface area contributed by atoms with Gasteiger partial charge in [-0.2, -0.15) is 0 Å². The predicted octanol–water partition coefficient (Wildman–Crippen LogP) is 3.96. The van der Waals surface area contributed by atoms with Gasteiger partial charge in [0.05, 0.1) is 12.7 Å². The highest BCUT2D eigenvalue weighted by atomic mass is 16.7. The van der Waals surface area contributed by atoms with E-state index in [4.69, 9.17) is 18.9 Å². The zero-order valence-corrected chi connectivity index (χ0v) is 15.8. The van der Waals surface area contributed by atoms with Crippen molar-refractivity contribution in [1.29, 1.82) is 0 Å². The number of benzene rings is 2. The summed E-state index contributed by atoms with van der Waals surface area (Å²) >= 11 is 0. The van der Waals surface area contributed by atoms with Gasteiger partial charge >= 0.3 is 0 Å². The summed E-state index contributed by atoms with van der Waals surface area (Å²) in [4.78, 5) is 0. The Morgan fingerprint density at radius 2 is 1.74 bits per heavy atom. The Labute approximate surface area is 160 Å². The molecule has 27 heavy (non-hydrogen) atoms. The van der Waals surface area contributed by atoms with E-state index in [2.05, 4.69) is 48.6 Å². The third-order valence-corrected chi connectivity index (χ3v) is 5.19. The van der Waals surface area contributed by atoms with Crippen LogP contribution in [-0.4, -0.2) is 26.1 Å². The van der Waals surface area contributed by atoms with Gasteiger partial charge in [-0.15, -0.1) is 0 Å². The molecular weight excluding hydrogens is 342 g/mol. The lowest BCUT2D eigenvalue weighted by molar-refractivity contribution is -0.0390. The molecule has 2 heterocycles. The molecule has 1 unspecified atom stereocenters. The number of hydrogen-bond acceptors (Lipinski definition) is 5. The molecule has 0 spiro atoms. The molecule has 1 saturated heterocycles. The molecule has 2 aromatic carbocycles. The molecule has 144 valence electrons. The molecule has 0 bridgehead atoms. The van der Waals surface area contributed by atoms with Crippen LogP contribution in [0, 0.1) is 0 Å². The van der Waals surface area contributed by atoms with Gasteiger partial charge in [-0.05, 0) is 48.6 Å². The molecule has 4 rings (SSSR count). The minimum absolute atomic E-state index is 0.232. The highest BCUT2D eigenvalue weighted by Gasteiger charge is 2.16. The van der Waals surface area contributed by atoms with E-state index in [9.17, 15) is 0 Å². The van der Waals surface area contributed by atoms with Gasteiger partial charge in [-0.1, -0.05) is 30.3 Å². The fourth-order valence-electron chi connectivity index (χ4n) is 3.38. The Morgan fingerprint density at radius 1 is 1.00 bits per heavy atom. The number of nitrogens with one attached hydrogen (secondary N) is 1. The van der Waals surface area contributed by atoms with Crippen molar-refractivity contribution >= 4 is 0 Å². The molecular formula is C22H27NO4. The lowest BCUT2D eigenvalue weighted by Crippen LogP contribution is -2.23. The van der Waals surface area contributed by atoms with Crippen molar-refractivity contribution in [2.24, 2.45) is 0 Å². The average molecular weight is 369 g/mol. The van der Waals surface area contributed by atoms with Crippen LogP contribution in [0.15, 0.2) is 42.5 Å². The quantitative estimate of drug-likeness (QED) is 0.800. The first-order valence-corrected chi connectivity index (χ1v) is 9.68. The third kappa shape index (κ3) is 4.80. The summed E-state index contributed by atoms with van der Waals surface area (Å²) in [7, 11) is 0. The second-order valence-corrected chi connectivity index (χ2v) is 7.15. The Kier molecular flexibility index (Phi) is 5.92. The summed E-state index contributed by atoms with van der Waals surface area (Å²) in [5.41, 5.74) is 3.67. The molecule has 0 saturated carbocycles.